The van der Waals surface area contributed by atoms with E-state index >= 15 is 0 Å². The van der Waals surface area contributed by atoms with Gasteiger partial charge in [-0.25, -0.2) is 18.2 Å². The van der Waals surface area contributed by atoms with Crippen molar-refractivity contribution in [1.82, 2.24) is 15.6 Å². The molecule has 0 bridgehead atoms. The van der Waals surface area contributed by atoms with Gasteiger partial charge in [0.1, 0.15) is 0 Å². The van der Waals surface area contributed by atoms with Gasteiger partial charge in [0, 0.05) is 24.4 Å². The molecule has 1 aromatic heterocycles. The molecule has 0 atom stereocenters. The van der Waals surface area contributed by atoms with Crippen LogP contribution in [0.4, 0.5) is 5.69 Å². The molecule has 0 aliphatic rings. The Hall–Kier alpha value is -3.15. The van der Waals surface area contributed by atoms with Crippen LogP contribution in [-0.4, -0.2) is 53.7 Å². The highest BCUT2D eigenvalue weighted by molar-refractivity contribution is 7.99. The second-order valence-corrected chi connectivity index (χ2v) is 8.32. The van der Waals surface area contributed by atoms with Crippen LogP contribution in [-0.2, 0) is 14.8 Å². The van der Waals surface area contributed by atoms with Crippen LogP contribution in [0, 0.1) is 11.3 Å². The van der Waals surface area contributed by atoms with Crippen LogP contribution in [0.2, 0.25) is 0 Å². The van der Waals surface area contributed by atoms with Gasteiger partial charge < -0.3 is 15.8 Å². The van der Waals surface area contributed by atoms with E-state index in [-0.39, 0.29) is 24.5 Å². The number of nitrogens with zero attached hydrogens (tertiary/aromatic N) is 4. The van der Waals surface area contributed by atoms with Crippen molar-refractivity contribution < 1.29 is 23.0 Å². The van der Waals surface area contributed by atoms with Gasteiger partial charge in [-0.05, 0) is 28.5 Å². The molecule has 0 spiro atoms. The third-order valence-electron chi connectivity index (χ3n) is 3.31. The number of nitrogens with two attached hydrogens (primary N) is 1. The van der Waals surface area contributed by atoms with E-state index in [2.05, 4.69) is 26.1 Å². The van der Waals surface area contributed by atoms with Gasteiger partial charge in [-0.1, -0.05) is 23.0 Å². The number of hydrogen-bond donors (Lipinski definition) is 4. The molecule has 0 fully saturated rings. The second kappa shape index (κ2) is 10.4. The van der Waals surface area contributed by atoms with Crippen LogP contribution in [0.1, 0.15) is 17.7 Å². The maximum absolute atomic E-state index is 11.6. The van der Waals surface area contributed by atoms with Crippen molar-refractivity contribution in [3.05, 3.63) is 35.5 Å². The molecule has 0 aliphatic heterocycles. The first-order valence-electron chi connectivity index (χ1n) is 8.04. The lowest BCUT2D eigenvalue weighted by atomic mass is 10.2. The molecule has 0 unspecified atom stereocenters. The minimum Gasteiger partial charge on any atom is -0.409 e. The molecule has 1 amide bonds. The summed E-state index contributed by atoms with van der Waals surface area (Å²) in [6, 6.07) is 8.51. The van der Waals surface area contributed by atoms with Gasteiger partial charge in [-0.3, -0.25) is 4.79 Å². The summed E-state index contributed by atoms with van der Waals surface area (Å²) in [5, 5.41) is 39.4. The fourth-order valence-corrected chi connectivity index (χ4v) is 3.24. The van der Waals surface area contributed by atoms with E-state index in [1.807, 2.05) is 6.07 Å². The van der Waals surface area contributed by atoms with Crippen molar-refractivity contribution in [1.29, 1.82) is 5.26 Å². The molecule has 1 aromatic carbocycles. The molecule has 2 aromatic rings. The van der Waals surface area contributed by atoms with Gasteiger partial charge in [0.15, 0.2) is 10.7 Å². The third kappa shape index (κ3) is 7.41. The summed E-state index contributed by atoms with van der Waals surface area (Å²) < 4.78 is 26.4. The lowest BCUT2D eigenvalue weighted by Gasteiger charge is -2.07. The van der Waals surface area contributed by atoms with Crippen LogP contribution in [0.25, 0.3) is 0 Å². The first kappa shape index (κ1) is 22.1. The number of nitrogens with one attached hydrogen (secondary N) is 2. The molecule has 0 radical (unpaired) electrons. The van der Waals surface area contributed by atoms with Gasteiger partial charge >= 0.3 is 0 Å². The summed E-state index contributed by atoms with van der Waals surface area (Å²) in [5.74, 6) is -0.556. The maximum Gasteiger partial charge on any atom is 0.221 e. The number of thioether (sulfide) groups is 1. The predicted octanol–water partition coefficient (Wildman–Crippen LogP) is 0.0761. The Morgan fingerprint density at radius 3 is 2.90 bits per heavy atom. The number of anilines is 1. The number of aromatic nitrogens is 2. The smallest absolute Gasteiger partial charge is 0.221 e. The van der Waals surface area contributed by atoms with E-state index in [0.29, 0.717) is 22.0 Å². The standard InChI is InChI=1S/C15H17N7O5S2/c16-9-10-2-1-3-11(8-10)19-14(20-24)13-15(22-27-21-13)28-6-5-18-12(23)4-7-29(17,25)26/h1-3,8,24H,4-7H2,(H,18,23)(H,19,20)(H2,17,25,26). The van der Waals surface area contributed by atoms with Crippen molar-refractivity contribution in [3.63, 3.8) is 0 Å². The van der Waals surface area contributed by atoms with Gasteiger partial charge in [0.25, 0.3) is 0 Å². The number of rotatable bonds is 9. The number of carbonyl (C=O) groups is 1. The maximum atomic E-state index is 11.6. The van der Waals surface area contributed by atoms with E-state index in [1.165, 1.54) is 11.8 Å². The lowest BCUT2D eigenvalue weighted by Crippen LogP contribution is -2.29. The van der Waals surface area contributed by atoms with Crippen molar-refractivity contribution in [2.75, 3.05) is 23.4 Å². The zero-order chi connectivity index (χ0) is 21.3. The quantitative estimate of drug-likeness (QED) is 0.104. The number of amides is 1. The first-order valence-corrected chi connectivity index (χ1v) is 10.7. The van der Waals surface area contributed by atoms with Crippen molar-refractivity contribution in [2.45, 2.75) is 11.4 Å². The SMILES string of the molecule is N#Cc1cccc(N/C(=N\O)c2nonc2SCCNC(=O)CCS(N)(=O)=O)c1. The van der Waals surface area contributed by atoms with E-state index in [0.717, 1.165) is 0 Å². The van der Waals surface area contributed by atoms with Gasteiger partial charge in [0.2, 0.25) is 21.8 Å². The van der Waals surface area contributed by atoms with Crippen LogP contribution in [0.15, 0.2) is 39.1 Å². The minimum absolute atomic E-state index is 0.0407. The molecule has 0 saturated carbocycles. The van der Waals surface area contributed by atoms with E-state index in [1.54, 1.807) is 24.3 Å². The van der Waals surface area contributed by atoms with Gasteiger partial charge in [0.05, 0.1) is 17.4 Å². The third-order valence-corrected chi connectivity index (χ3v) is 5.04. The average Bonchev–Trinajstić information content (AvgIpc) is 3.15. The number of hydrogen-bond acceptors (Lipinski definition) is 10. The summed E-state index contributed by atoms with van der Waals surface area (Å²) in [7, 11) is -3.69. The Labute approximate surface area is 170 Å². The van der Waals surface area contributed by atoms with E-state index in [4.69, 9.17) is 15.0 Å². The van der Waals surface area contributed by atoms with E-state index < -0.39 is 21.7 Å². The fourth-order valence-electron chi connectivity index (χ4n) is 2.02. The summed E-state index contributed by atoms with van der Waals surface area (Å²) in [5.41, 5.74) is 1.05. The predicted molar refractivity (Wildman–Crippen MR) is 104 cm³/mol. The highest BCUT2D eigenvalue weighted by atomic mass is 32.2. The molecule has 12 nitrogen and oxygen atoms in total. The molecule has 0 aliphatic carbocycles. The zero-order valence-electron chi connectivity index (χ0n) is 14.9. The molecule has 0 saturated heterocycles. The molecule has 2 rings (SSSR count). The fraction of sp³-hybridized carbons (Fsp3) is 0.267. The molecule has 14 heteroatoms. The average molecular weight is 439 g/mol. The zero-order valence-corrected chi connectivity index (χ0v) is 16.5. The van der Waals surface area contributed by atoms with Crippen LogP contribution in [0.5, 0.6) is 0 Å². The van der Waals surface area contributed by atoms with Crippen molar-refractivity contribution >= 4 is 39.2 Å². The topological polar surface area (TPSA) is 197 Å². The van der Waals surface area contributed by atoms with Crippen LogP contribution in [0.3, 0.4) is 0 Å². The molecule has 5 N–H and O–H groups in total. The largest absolute Gasteiger partial charge is 0.409 e. The minimum atomic E-state index is -3.69. The monoisotopic (exact) mass is 439 g/mol. The summed E-state index contributed by atoms with van der Waals surface area (Å²) >= 11 is 1.17. The second-order valence-electron chi connectivity index (χ2n) is 5.50. The lowest BCUT2D eigenvalue weighted by molar-refractivity contribution is -0.120. The van der Waals surface area contributed by atoms with E-state index in [9.17, 15) is 18.4 Å². The number of amidine groups is 1. The van der Waals surface area contributed by atoms with Gasteiger partial charge in [-0.15, -0.1) is 0 Å². The highest BCUT2D eigenvalue weighted by Gasteiger charge is 2.18. The molecular formula is C15H17N7O5S2. The summed E-state index contributed by atoms with van der Waals surface area (Å²) in [6.45, 7) is 0.226. The Kier molecular flexibility index (Phi) is 7.95. The molecule has 154 valence electrons. The van der Waals surface area contributed by atoms with Crippen LogP contribution >= 0.6 is 11.8 Å². The normalized spacial score (nSPS) is 11.7. The highest BCUT2D eigenvalue weighted by Crippen LogP contribution is 2.20. The van der Waals surface area contributed by atoms with Crippen molar-refractivity contribution in [2.24, 2.45) is 10.3 Å². The number of carbonyl (C=O) groups excluding carboxylic acids is 1. The number of primary sulfonamides is 1. The number of benzene rings is 1. The van der Waals surface area contributed by atoms with Gasteiger partial charge in [-0.2, -0.15) is 5.26 Å². The summed E-state index contributed by atoms with van der Waals surface area (Å²) in [6.07, 6.45) is -0.229. The first-order chi connectivity index (χ1) is 13.8. The number of nitriles is 1. The molecule has 1 heterocycles. The Morgan fingerprint density at radius 1 is 1.41 bits per heavy atom. The van der Waals surface area contributed by atoms with Crippen LogP contribution < -0.4 is 15.8 Å². The van der Waals surface area contributed by atoms with Crippen molar-refractivity contribution in [3.8, 4) is 6.07 Å². The molecule has 29 heavy (non-hydrogen) atoms. The Morgan fingerprint density at radius 2 is 2.21 bits per heavy atom. The Bertz CT molecular complexity index is 1030. The number of sulfonamides is 1. The number of oxime groups is 1. The Balaban J connectivity index is 1.90. The summed E-state index contributed by atoms with van der Waals surface area (Å²) in [4.78, 5) is 11.6. The molecular weight excluding hydrogens is 422 g/mol.